The van der Waals surface area contributed by atoms with Crippen molar-refractivity contribution in [3.8, 4) is 0 Å². The fourth-order valence-corrected chi connectivity index (χ4v) is 2.74. The second kappa shape index (κ2) is 6.53. The van der Waals surface area contributed by atoms with Crippen molar-refractivity contribution in [3.05, 3.63) is 27.5 Å². The molecule has 0 aliphatic heterocycles. The monoisotopic (exact) mass is 310 g/mol. The van der Waals surface area contributed by atoms with E-state index in [1.165, 1.54) is 17.4 Å². The molecule has 114 valence electrons. The molecule has 2 amide bonds. The molecule has 0 aromatic carbocycles. The van der Waals surface area contributed by atoms with Crippen molar-refractivity contribution < 1.29 is 19.5 Å². The van der Waals surface area contributed by atoms with Gasteiger partial charge in [-0.25, -0.2) is 4.79 Å². The number of rotatable bonds is 6. The average Bonchev–Trinajstić information content (AvgIpc) is 2.65. The SMILES string of the molecule is Cc1cc(C(=O)NC(C)(C)CC(N)=O)sc1/C=C/C(=O)O. The van der Waals surface area contributed by atoms with Gasteiger partial charge in [0.15, 0.2) is 0 Å². The molecule has 7 heteroatoms. The van der Waals surface area contributed by atoms with Crippen molar-refractivity contribution in [1.82, 2.24) is 5.32 Å². The third-order valence-corrected chi connectivity index (χ3v) is 3.83. The summed E-state index contributed by atoms with van der Waals surface area (Å²) < 4.78 is 0. The summed E-state index contributed by atoms with van der Waals surface area (Å²) in [6.45, 7) is 5.21. The van der Waals surface area contributed by atoms with E-state index >= 15 is 0 Å². The summed E-state index contributed by atoms with van der Waals surface area (Å²) in [5, 5.41) is 11.4. The molecule has 0 bridgehead atoms. The lowest BCUT2D eigenvalue weighted by molar-refractivity contribution is -0.131. The smallest absolute Gasteiger partial charge is 0.328 e. The van der Waals surface area contributed by atoms with E-state index in [4.69, 9.17) is 10.8 Å². The number of carboxylic acids is 1. The van der Waals surface area contributed by atoms with Crippen molar-refractivity contribution in [2.75, 3.05) is 0 Å². The standard InChI is InChI=1S/C14H18N2O4S/c1-8-6-10(21-9(8)4-5-12(18)19)13(20)16-14(2,3)7-11(15)17/h4-6H,7H2,1-3H3,(H2,15,17)(H,16,20)(H,18,19)/b5-4+. The number of carbonyl (C=O) groups is 3. The summed E-state index contributed by atoms with van der Waals surface area (Å²) in [6.07, 6.45) is 2.51. The zero-order chi connectivity index (χ0) is 16.2. The van der Waals surface area contributed by atoms with Crippen molar-refractivity contribution in [3.63, 3.8) is 0 Å². The Balaban J connectivity index is 2.87. The number of aryl methyl sites for hydroxylation is 1. The van der Waals surface area contributed by atoms with Crippen LogP contribution in [0.1, 0.15) is 40.4 Å². The van der Waals surface area contributed by atoms with Crippen molar-refractivity contribution in [1.29, 1.82) is 0 Å². The second-order valence-corrected chi connectivity index (χ2v) is 6.39. The van der Waals surface area contributed by atoms with Gasteiger partial charge in [-0.05, 0) is 38.5 Å². The molecule has 0 unspecified atom stereocenters. The quantitative estimate of drug-likeness (QED) is 0.692. The number of nitrogens with two attached hydrogens (primary N) is 1. The van der Waals surface area contributed by atoms with Crippen LogP contribution in [0.5, 0.6) is 0 Å². The number of thiophene rings is 1. The Labute approximate surface area is 126 Å². The van der Waals surface area contributed by atoms with E-state index in [1.807, 2.05) is 0 Å². The third kappa shape index (κ3) is 5.39. The lowest BCUT2D eigenvalue weighted by atomic mass is 10.0. The van der Waals surface area contributed by atoms with Crippen LogP contribution in [0.4, 0.5) is 0 Å². The molecule has 21 heavy (non-hydrogen) atoms. The molecule has 0 fully saturated rings. The molecule has 0 spiro atoms. The first-order valence-electron chi connectivity index (χ1n) is 6.23. The highest BCUT2D eigenvalue weighted by Crippen LogP contribution is 2.24. The van der Waals surface area contributed by atoms with E-state index in [-0.39, 0.29) is 12.3 Å². The first kappa shape index (κ1) is 16.9. The Bertz CT molecular complexity index is 602. The third-order valence-electron chi connectivity index (χ3n) is 2.63. The topological polar surface area (TPSA) is 109 Å². The van der Waals surface area contributed by atoms with Gasteiger partial charge in [0, 0.05) is 22.9 Å². The van der Waals surface area contributed by atoms with Gasteiger partial charge in [0.1, 0.15) is 0 Å². The molecular formula is C14H18N2O4S. The van der Waals surface area contributed by atoms with Gasteiger partial charge < -0.3 is 16.2 Å². The summed E-state index contributed by atoms with van der Waals surface area (Å²) in [6, 6.07) is 1.68. The highest BCUT2D eigenvalue weighted by molar-refractivity contribution is 7.15. The number of hydrogen-bond donors (Lipinski definition) is 3. The minimum absolute atomic E-state index is 0.0366. The van der Waals surface area contributed by atoms with E-state index in [0.29, 0.717) is 9.75 Å². The summed E-state index contributed by atoms with van der Waals surface area (Å²) in [4.78, 5) is 34.8. The van der Waals surface area contributed by atoms with Gasteiger partial charge in [-0.15, -0.1) is 11.3 Å². The molecular weight excluding hydrogens is 292 g/mol. The van der Waals surface area contributed by atoms with Crippen molar-refractivity contribution in [2.45, 2.75) is 32.7 Å². The molecule has 1 heterocycles. The molecule has 1 aromatic rings. The van der Waals surface area contributed by atoms with E-state index in [0.717, 1.165) is 11.6 Å². The first-order chi connectivity index (χ1) is 9.60. The molecule has 0 saturated heterocycles. The number of primary amides is 1. The summed E-state index contributed by atoms with van der Waals surface area (Å²) >= 11 is 1.19. The Hall–Kier alpha value is -2.15. The maximum Gasteiger partial charge on any atom is 0.328 e. The van der Waals surface area contributed by atoms with Crippen LogP contribution in [0, 0.1) is 6.92 Å². The summed E-state index contributed by atoms with van der Waals surface area (Å²) in [5.74, 6) is -1.85. The van der Waals surface area contributed by atoms with Crippen LogP contribution >= 0.6 is 11.3 Å². The Morgan fingerprint density at radius 1 is 1.43 bits per heavy atom. The number of amides is 2. The minimum atomic E-state index is -1.05. The van der Waals surface area contributed by atoms with Crippen LogP contribution in [0.15, 0.2) is 12.1 Å². The second-order valence-electron chi connectivity index (χ2n) is 5.31. The van der Waals surface area contributed by atoms with Crippen LogP contribution < -0.4 is 11.1 Å². The van der Waals surface area contributed by atoms with Crippen LogP contribution in [-0.4, -0.2) is 28.4 Å². The molecule has 4 N–H and O–H groups in total. The predicted octanol–water partition coefficient (Wildman–Crippen LogP) is 1.54. The fraction of sp³-hybridized carbons (Fsp3) is 0.357. The van der Waals surface area contributed by atoms with Crippen molar-refractivity contribution in [2.24, 2.45) is 5.73 Å². The molecule has 1 aromatic heterocycles. The molecule has 1 rings (SSSR count). The number of hydrogen-bond acceptors (Lipinski definition) is 4. The highest BCUT2D eigenvalue weighted by Gasteiger charge is 2.24. The van der Waals surface area contributed by atoms with Crippen molar-refractivity contribution >= 4 is 35.2 Å². The highest BCUT2D eigenvalue weighted by atomic mass is 32.1. The van der Waals surface area contributed by atoms with E-state index in [1.54, 1.807) is 26.8 Å². The number of carbonyl (C=O) groups excluding carboxylic acids is 2. The molecule has 0 radical (unpaired) electrons. The Morgan fingerprint density at radius 2 is 2.05 bits per heavy atom. The van der Waals surface area contributed by atoms with Crippen LogP contribution in [-0.2, 0) is 9.59 Å². The lowest BCUT2D eigenvalue weighted by Gasteiger charge is -2.24. The molecule has 0 aliphatic rings. The van der Waals surface area contributed by atoms with Gasteiger partial charge in [0.25, 0.3) is 5.91 Å². The normalized spacial score (nSPS) is 11.6. The van der Waals surface area contributed by atoms with E-state index in [2.05, 4.69) is 5.32 Å². The van der Waals surface area contributed by atoms with E-state index < -0.39 is 17.4 Å². The maximum absolute atomic E-state index is 12.2. The summed E-state index contributed by atoms with van der Waals surface area (Å²) in [7, 11) is 0. The van der Waals surface area contributed by atoms with Gasteiger partial charge in [0.05, 0.1) is 4.88 Å². The Kier molecular flexibility index (Phi) is 5.26. The molecule has 0 saturated carbocycles. The molecule has 0 atom stereocenters. The number of aliphatic carboxylic acids is 1. The van der Waals surface area contributed by atoms with Crippen LogP contribution in [0.3, 0.4) is 0 Å². The van der Waals surface area contributed by atoms with Gasteiger partial charge in [-0.3, -0.25) is 9.59 Å². The summed E-state index contributed by atoms with van der Waals surface area (Å²) in [5.41, 5.74) is 5.21. The lowest BCUT2D eigenvalue weighted by Crippen LogP contribution is -2.45. The van der Waals surface area contributed by atoms with Crippen LogP contribution in [0.25, 0.3) is 6.08 Å². The van der Waals surface area contributed by atoms with Gasteiger partial charge in [-0.1, -0.05) is 0 Å². The number of carboxylic acid groups (broad SMARTS) is 1. The fourth-order valence-electron chi connectivity index (χ4n) is 1.77. The zero-order valence-corrected chi connectivity index (χ0v) is 12.9. The van der Waals surface area contributed by atoms with Crippen LogP contribution in [0.2, 0.25) is 0 Å². The van der Waals surface area contributed by atoms with Gasteiger partial charge in [0.2, 0.25) is 5.91 Å². The maximum atomic E-state index is 12.2. The number of nitrogens with one attached hydrogen (secondary N) is 1. The van der Waals surface area contributed by atoms with E-state index in [9.17, 15) is 14.4 Å². The van der Waals surface area contributed by atoms with Gasteiger partial charge in [-0.2, -0.15) is 0 Å². The largest absolute Gasteiger partial charge is 0.478 e. The first-order valence-corrected chi connectivity index (χ1v) is 7.04. The van der Waals surface area contributed by atoms with Gasteiger partial charge >= 0.3 is 5.97 Å². The molecule has 6 nitrogen and oxygen atoms in total. The molecule has 0 aliphatic carbocycles. The predicted molar refractivity (Wildman–Crippen MR) is 81.1 cm³/mol. The minimum Gasteiger partial charge on any atom is -0.478 e. The Morgan fingerprint density at radius 3 is 2.57 bits per heavy atom. The zero-order valence-electron chi connectivity index (χ0n) is 12.1. The average molecular weight is 310 g/mol.